The first kappa shape index (κ1) is 30.1. The SMILES string of the molecule is Cl.Cl.O=C(Cc1csc(Nc2ccccc2)n1)Nc1ccc(CCN[C@H](CO)Oc2ccccc2)cc1. The summed E-state index contributed by atoms with van der Waals surface area (Å²) in [7, 11) is 0. The van der Waals surface area contributed by atoms with Crippen molar-refractivity contribution in [2.24, 2.45) is 0 Å². The molecule has 0 bridgehead atoms. The van der Waals surface area contributed by atoms with Crippen molar-refractivity contribution < 1.29 is 14.6 Å². The Balaban J connectivity index is 0.00000241. The molecule has 0 aliphatic rings. The lowest BCUT2D eigenvalue weighted by molar-refractivity contribution is -0.115. The number of aliphatic hydroxyl groups is 1. The van der Waals surface area contributed by atoms with Crippen LogP contribution in [0.3, 0.4) is 0 Å². The smallest absolute Gasteiger partial charge is 0.230 e. The van der Waals surface area contributed by atoms with Crippen LogP contribution in [0.4, 0.5) is 16.5 Å². The fourth-order valence-electron chi connectivity index (χ4n) is 3.40. The molecule has 3 aromatic carbocycles. The molecule has 10 heteroatoms. The van der Waals surface area contributed by atoms with Crippen molar-refractivity contribution in [1.82, 2.24) is 10.3 Å². The van der Waals surface area contributed by atoms with Crippen LogP contribution in [0.5, 0.6) is 5.75 Å². The fraction of sp³-hybridized carbons (Fsp3) is 0.185. The van der Waals surface area contributed by atoms with E-state index in [1.807, 2.05) is 90.3 Å². The molecule has 1 amide bonds. The second kappa shape index (κ2) is 15.9. The maximum atomic E-state index is 12.4. The lowest BCUT2D eigenvalue weighted by Gasteiger charge is -2.18. The average Bonchev–Trinajstić information content (AvgIpc) is 3.32. The maximum Gasteiger partial charge on any atom is 0.230 e. The van der Waals surface area contributed by atoms with E-state index in [2.05, 4.69) is 20.9 Å². The molecule has 1 aromatic heterocycles. The van der Waals surface area contributed by atoms with Crippen molar-refractivity contribution >= 4 is 58.6 Å². The number of carbonyl (C=O) groups is 1. The van der Waals surface area contributed by atoms with Gasteiger partial charge in [-0.15, -0.1) is 36.2 Å². The van der Waals surface area contributed by atoms with Crippen LogP contribution in [0.2, 0.25) is 0 Å². The number of nitrogens with zero attached hydrogens (tertiary/aromatic N) is 1. The van der Waals surface area contributed by atoms with Crippen molar-refractivity contribution in [2.45, 2.75) is 19.1 Å². The number of aromatic nitrogens is 1. The molecule has 7 nitrogen and oxygen atoms in total. The molecule has 0 saturated carbocycles. The van der Waals surface area contributed by atoms with Crippen LogP contribution < -0.4 is 20.7 Å². The Morgan fingerprint density at radius 2 is 1.59 bits per heavy atom. The van der Waals surface area contributed by atoms with Gasteiger partial charge in [0.2, 0.25) is 5.91 Å². The van der Waals surface area contributed by atoms with Crippen LogP contribution in [-0.4, -0.2) is 35.4 Å². The first-order chi connectivity index (χ1) is 17.2. The molecule has 0 unspecified atom stereocenters. The molecule has 37 heavy (non-hydrogen) atoms. The van der Waals surface area contributed by atoms with Gasteiger partial charge in [0, 0.05) is 23.3 Å². The number of hydrogen-bond donors (Lipinski definition) is 4. The Kier molecular flexibility index (Phi) is 12.9. The number of halogens is 2. The monoisotopic (exact) mass is 560 g/mol. The van der Waals surface area contributed by atoms with Gasteiger partial charge in [-0.2, -0.15) is 0 Å². The zero-order valence-electron chi connectivity index (χ0n) is 20.0. The summed E-state index contributed by atoms with van der Waals surface area (Å²) < 4.78 is 5.73. The van der Waals surface area contributed by atoms with E-state index in [0.29, 0.717) is 12.3 Å². The zero-order chi connectivity index (χ0) is 24.3. The van der Waals surface area contributed by atoms with E-state index in [9.17, 15) is 9.90 Å². The number of para-hydroxylation sites is 2. The van der Waals surface area contributed by atoms with E-state index in [0.717, 1.165) is 34.2 Å². The van der Waals surface area contributed by atoms with Crippen molar-refractivity contribution in [1.29, 1.82) is 0 Å². The molecule has 0 saturated heterocycles. The summed E-state index contributed by atoms with van der Waals surface area (Å²) in [6.45, 7) is 0.523. The van der Waals surface area contributed by atoms with Crippen molar-refractivity contribution in [3.05, 3.63) is 102 Å². The Hall–Kier alpha value is -3.14. The van der Waals surface area contributed by atoms with Crippen LogP contribution in [0.25, 0.3) is 0 Å². The first-order valence-corrected chi connectivity index (χ1v) is 12.3. The molecule has 0 spiro atoms. The van der Waals surface area contributed by atoms with E-state index in [1.54, 1.807) is 0 Å². The largest absolute Gasteiger partial charge is 0.473 e. The predicted molar refractivity (Wildman–Crippen MR) is 155 cm³/mol. The molecule has 1 heterocycles. The van der Waals surface area contributed by atoms with E-state index >= 15 is 0 Å². The Morgan fingerprint density at radius 1 is 0.919 bits per heavy atom. The molecule has 1 atom stereocenters. The molecular formula is C27H30Cl2N4O3S. The minimum atomic E-state index is -0.468. The number of rotatable bonds is 12. The van der Waals surface area contributed by atoms with Crippen LogP contribution >= 0.6 is 36.2 Å². The Labute approximate surface area is 233 Å². The molecule has 196 valence electrons. The third kappa shape index (κ3) is 10.0. The lowest BCUT2D eigenvalue weighted by atomic mass is 10.1. The number of thiazole rings is 1. The summed E-state index contributed by atoms with van der Waals surface area (Å²) in [5.74, 6) is 0.598. The van der Waals surface area contributed by atoms with Gasteiger partial charge in [0.1, 0.15) is 5.75 Å². The topological polar surface area (TPSA) is 95.5 Å². The number of benzene rings is 3. The molecule has 0 radical (unpaired) electrons. The summed E-state index contributed by atoms with van der Waals surface area (Å²) in [6, 6.07) is 27.0. The van der Waals surface area contributed by atoms with Gasteiger partial charge in [-0.3, -0.25) is 10.1 Å². The van der Waals surface area contributed by atoms with Crippen LogP contribution in [0.15, 0.2) is 90.3 Å². The standard InChI is InChI=1S/C27H28N4O3S.2ClH/c32-18-26(34-24-9-5-2-6-10-24)28-16-15-20-11-13-22(14-12-20)29-25(33)17-23-19-35-27(31-23)30-21-7-3-1-4-8-21;;/h1-14,19,26,28,32H,15-18H2,(H,29,33)(H,30,31);2*1H/t26-;;/m0../s1. The highest BCUT2D eigenvalue weighted by Crippen LogP contribution is 2.21. The number of carbonyl (C=O) groups excluding carboxylic acids is 1. The van der Waals surface area contributed by atoms with Crippen LogP contribution in [-0.2, 0) is 17.6 Å². The van der Waals surface area contributed by atoms with Gasteiger partial charge in [-0.05, 0) is 48.4 Å². The van der Waals surface area contributed by atoms with E-state index in [-0.39, 0.29) is 43.7 Å². The number of aliphatic hydroxyl groups excluding tert-OH is 1. The highest BCUT2D eigenvalue weighted by Gasteiger charge is 2.10. The number of hydrogen-bond acceptors (Lipinski definition) is 7. The van der Waals surface area contributed by atoms with Crippen molar-refractivity contribution in [2.75, 3.05) is 23.8 Å². The predicted octanol–water partition coefficient (Wildman–Crippen LogP) is 5.44. The first-order valence-electron chi connectivity index (χ1n) is 11.4. The van der Waals surface area contributed by atoms with Crippen molar-refractivity contribution in [3.8, 4) is 5.75 Å². The van der Waals surface area contributed by atoms with Gasteiger partial charge in [0.25, 0.3) is 0 Å². The second-order valence-corrected chi connectivity index (χ2v) is 8.72. The molecule has 0 aliphatic carbocycles. The summed E-state index contributed by atoms with van der Waals surface area (Å²) in [5.41, 5.74) is 3.54. The lowest BCUT2D eigenvalue weighted by Crippen LogP contribution is -2.38. The third-order valence-electron chi connectivity index (χ3n) is 5.13. The van der Waals surface area contributed by atoms with E-state index < -0.39 is 6.23 Å². The van der Waals surface area contributed by atoms with Gasteiger partial charge in [0.15, 0.2) is 11.4 Å². The van der Waals surface area contributed by atoms with Crippen LogP contribution in [0, 0.1) is 0 Å². The molecular weight excluding hydrogens is 531 g/mol. The molecule has 0 fully saturated rings. The van der Waals surface area contributed by atoms with Gasteiger partial charge in [-0.1, -0.05) is 48.5 Å². The average molecular weight is 562 g/mol. The number of ether oxygens (including phenoxy) is 1. The zero-order valence-corrected chi connectivity index (χ0v) is 22.5. The number of amides is 1. The summed E-state index contributed by atoms with van der Waals surface area (Å²) in [4.78, 5) is 16.9. The van der Waals surface area contributed by atoms with Gasteiger partial charge < -0.3 is 20.5 Å². The number of anilines is 3. The Morgan fingerprint density at radius 3 is 2.27 bits per heavy atom. The summed E-state index contributed by atoms with van der Waals surface area (Å²) in [5, 5.41) is 21.6. The maximum absolute atomic E-state index is 12.4. The third-order valence-corrected chi connectivity index (χ3v) is 5.94. The minimum absolute atomic E-state index is 0. The van der Waals surface area contributed by atoms with Gasteiger partial charge in [0.05, 0.1) is 18.7 Å². The molecule has 4 N–H and O–H groups in total. The fourth-order valence-corrected chi connectivity index (χ4v) is 4.13. The second-order valence-electron chi connectivity index (χ2n) is 7.86. The normalized spacial score (nSPS) is 10.9. The number of nitrogens with one attached hydrogen (secondary N) is 3. The van der Waals surface area contributed by atoms with Gasteiger partial charge >= 0.3 is 0 Å². The highest BCUT2D eigenvalue weighted by atomic mass is 35.5. The van der Waals surface area contributed by atoms with Crippen molar-refractivity contribution in [3.63, 3.8) is 0 Å². The van der Waals surface area contributed by atoms with E-state index in [1.165, 1.54) is 11.3 Å². The minimum Gasteiger partial charge on any atom is -0.473 e. The summed E-state index contributed by atoms with van der Waals surface area (Å²) >= 11 is 1.47. The Bertz CT molecular complexity index is 1200. The highest BCUT2D eigenvalue weighted by molar-refractivity contribution is 7.13. The quantitative estimate of drug-likeness (QED) is 0.172. The molecule has 4 aromatic rings. The van der Waals surface area contributed by atoms with E-state index in [4.69, 9.17) is 4.74 Å². The summed E-state index contributed by atoms with van der Waals surface area (Å²) in [6.07, 6.45) is 0.506. The molecule has 0 aliphatic heterocycles. The van der Waals surface area contributed by atoms with Gasteiger partial charge in [-0.25, -0.2) is 4.98 Å². The molecule has 4 rings (SSSR count). The van der Waals surface area contributed by atoms with Crippen LogP contribution in [0.1, 0.15) is 11.3 Å².